The van der Waals surface area contributed by atoms with E-state index < -0.39 is 0 Å². The largest absolute Gasteiger partial charge is 0.461 e. The Morgan fingerprint density at radius 3 is 2.70 bits per heavy atom. The predicted octanol–water partition coefficient (Wildman–Crippen LogP) is 3.16. The zero-order chi connectivity index (χ0) is 18.6. The first-order valence-corrected chi connectivity index (χ1v) is 8.46. The van der Waals surface area contributed by atoms with E-state index in [1.165, 1.54) is 0 Å². The van der Waals surface area contributed by atoms with Crippen molar-refractivity contribution < 1.29 is 9.21 Å². The first kappa shape index (κ1) is 16.7. The summed E-state index contributed by atoms with van der Waals surface area (Å²) in [5.41, 5.74) is 2.83. The molecular weight excluding hydrogens is 342 g/mol. The van der Waals surface area contributed by atoms with Crippen LogP contribution in [0.4, 0.5) is 0 Å². The number of amides is 1. The summed E-state index contributed by atoms with van der Waals surface area (Å²) < 4.78 is 7.07. The SMILES string of the molecule is Cc1ccc(-n2nc(C(=O)NCc3cccnc3)nc2-c2ccco2)cc1. The number of aromatic nitrogens is 4. The molecule has 0 spiro atoms. The number of nitrogens with zero attached hydrogens (tertiary/aromatic N) is 4. The molecule has 0 radical (unpaired) electrons. The summed E-state index contributed by atoms with van der Waals surface area (Å²) in [4.78, 5) is 21.0. The van der Waals surface area contributed by atoms with Crippen LogP contribution in [0.2, 0.25) is 0 Å². The van der Waals surface area contributed by atoms with Gasteiger partial charge in [0, 0.05) is 18.9 Å². The van der Waals surface area contributed by atoms with E-state index in [0.717, 1.165) is 16.8 Å². The Kier molecular flexibility index (Phi) is 4.49. The van der Waals surface area contributed by atoms with Gasteiger partial charge in [-0.25, -0.2) is 4.68 Å². The zero-order valence-electron chi connectivity index (χ0n) is 14.7. The molecule has 0 unspecified atom stereocenters. The van der Waals surface area contributed by atoms with Crippen molar-refractivity contribution in [2.24, 2.45) is 0 Å². The quantitative estimate of drug-likeness (QED) is 0.591. The van der Waals surface area contributed by atoms with Crippen LogP contribution in [0, 0.1) is 6.92 Å². The molecule has 7 nitrogen and oxygen atoms in total. The number of carbonyl (C=O) groups excluding carboxylic acids is 1. The van der Waals surface area contributed by atoms with Crippen LogP contribution >= 0.6 is 0 Å². The van der Waals surface area contributed by atoms with Gasteiger partial charge >= 0.3 is 0 Å². The fourth-order valence-corrected chi connectivity index (χ4v) is 2.60. The maximum atomic E-state index is 12.5. The molecule has 1 N–H and O–H groups in total. The highest BCUT2D eigenvalue weighted by Gasteiger charge is 2.20. The standard InChI is InChI=1S/C20H17N5O2/c1-14-6-8-16(9-7-14)25-19(17-5-3-11-27-17)23-18(24-25)20(26)22-13-15-4-2-10-21-12-15/h2-12H,13H2,1H3,(H,22,26). The number of aryl methyl sites for hydroxylation is 1. The van der Waals surface area contributed by atoms with Gasteiger partial charge in [-0.2, -0.15) is 4.98 Å². The van der Waals surface area contributed by atoms with E-state index in [-0.39, 0.29) is 11.7 Å². The number of benzene rings is 1. The maximum absolute atomic E-state index is 12.5. The fourth-order valence-electron chi connectivity index (χ4n) is 2.60. The lowest BCUT2D eigenvalue weighted by atomic mass is 10.2. The average molecular weight is 359 g/mol. The highest BCUT2D eigenvalue weighted by molar-refractivity contribution is 5.90. The van der Waals surface area contributed by atoms with Crippen molar-refractivity contribution in [3.63, 3.8) is 0 Å². The van der Waals surface area contributed by atoms with Gasteiger partial charge in [-0.15, -0.1) is 5.10 Å². The minimum absolute atomic E-state index is 0.0749. The monoisotopic (exact) mass is 359 g/mol. The molecule has 0 bridgehead atoms. The van der Waals surface area contributed by atoms with Crippen LogP contribution in [-0.2, 0) is 6.54 Å². The Morgan fingerprint density at radius 1 is 1.15 bits per heavy atom. The van der Waals surface area contributed by atoms with Gasteiger partial charge in [-0.1, -0.05) is 23.8 Å². The lowest BCUT2D eigenvalue weighted by Crippen LogP contribution is -2.24. The maximum Gasteiger partial charge on any atom is 0.291 e. The van der Waals surface area contributed by atoms with E-state index in [0.29, 0.717) is 18.1 Å². The molecule has 134 valence electrons. The van der Waals surface area contributed by atoms with Gasteiger partial charge < -0.3 is 9.73 Å². The van der Waals surface area contributed by atoms with Crippen molar-refractivity contribution >= 4 is 5.91 Å². The van der Waals surface area contributed by atoms with Crippen molar-refractivity contribution in [1.29, 1.82) is 0 Å². The third kappa shape index (κ3) is 3.62. The molecule has 7 heteroatoms. The first-order valence-electron chi connectivity index (χ1n) is 8.46. The van der Waals surface area contributed by atoms with Crippen LogP contribution in [-0.4, -0.2) is 25.7 Å². The minimum atomic E-state index is -0.363. The predicted molar refractivity (Wildman–Crippen MR) is 99.2 cm³/mol. The van der Waals surface area contributed by atoms with E-state index in [2.05, 4.69) is 20.4 Å². The molecule has 0 saturated carbocycles. The molecule has 0 aliphatic rings. The third-order valence-corrected chi connectivity index (χ3v) is 4.01. The Bertz CT molecular complexity index is 1040. The first-order chi connectivity index (χ1) is 13.2. The van der Waals surface area contributed by atoms with E-state index in [9.17, 15) is 4.79 Å². The van der Waals surface area contributed by atoms with Gasteiger partial charge in [0.25, 0.3) is 5.91 Å². The van der Waals surface area contributed by atoms with Gasteiger partial charge in [0.05, 0.1) is 12.0 Å². The number of nitrogens with one attached hydrogen (secondary N) is 1. The minimum Gasteiger partial charge on any atom is -0.461 e. The normalized spacial score (nSPS) is 10.7. The molecule has 0 aliphatic heterocycles. The van der Waals surface area contributed by atoms with Gasteiger partial charge in [-0.3, -0.25) is 9.78 Å². The topological polar surface area (TPSA) is 85.8 Å². The second-order valence-electron chi connectivity index (χ2n) is 6.03. The van der Waals surface area contributed by atoms with Crippen molar-refractivity contribution in [1.82, 2.24) is 25.1 Å². The average Bonchev–Trinajstić information content (AvgIpc) is 3.37. The smallest absolute Gasteiger partial charge is 0.291 e. The Balaban J connectivity index is 1.64. The summed E-state index contributed by atoms with van der Waals surface area (Å²) >= 11 is 0. The molecule has 0 saturated heterocycles. The second kappa shape index (κ2) is 7.25. The van der Waals surface area contributed by atoms with Gasteiger partial charge in [0.15, 0.2) is 11.6 Å². The third-order valence-electron chi connectivity index (χ3n) is 4.01. The van der Waals surface area contributed by atoms with Crippen molar-refractivity contribution in [2.45, 2.75) is 13.5 Å². The summed E-state index contributed by atoms with van der Waals surface area (Å²) in [5, 5.41) is 7.21. The van der Waals surface area contributed by atoms with Crippen LogP contribution in [0.5, 0.6) is 0 Å². The molecule has 1 amide bonds. The molecule has 0 aliphatic carbocycles. The Hall–Kier alpha value is -3.74. The van der Waals surface area contributed by atoms with Crippen molar-refractivity contribution in [3.8, 4) is 17.3 Å². The number of hydrogen-bond acceptors (Lipinski definition) is 5. The molecule has 1 aromatic carbocycles. The summed E-state index contributed by atoms with van der Waals surface area (Å²) in [6.45, 7) is 2.36. The Morgan fingerprint density at radius 2 is 2.00 bits per heavy atom. The van der Waals surface area contributed by atoms with Gasteiger partial charge in [0.1, 0.15) is 0 Å². The number of carbonyl (C=O) groups is 1. The second-order valence-corrected chi connectivity index (χ2v) is 6.03. The van der Waals surface area contributed by atoms with Crippen LogP contribution in [0.15, 0.2) is 71.6 Å². The molecule has 27 heavy (non-hydrogen) atoms. The molecule has 4 rings (SSSR count). The summed E-state index contributed by atoms with van der Waals surface area (Å²) in [6, 6.07) is 15.1. The lowest BCUT2D eigenvalue weighted by Gasteiger charge is -2.04. The molecular formula is C20H17N5O2. The van der Waals surface area contributed by atoms with Gasteiger partial charge in [0.2, 0.25) is 5.82 Å². The molecule has 0 atom stereocenters. The summed E-state index contributed by atoms with van der Waals surface area (Å²) in [5.74, 6) is 0.716. The number of furan rings is 1. The van der Waals surface area contributed by atoms with Crippen molar-refractivity contribution in [2.75, 3.05) is 0 Å². The number of hydrogen-bond donors (Lipinski definition) is 1. The molecule has 4 aromatic rings. The molecule has 3 aromatic heterocycles. The van der Waals surface area contributed by atoms with E-state index in [4.69, 9.17) is 4.42 Å². The number of pyridine rings is 1. The van der Waals surface area contributed by atoms with Gasteiger partial charge in [-0.05, 0) is 42.8 Å². The Labute approximate surface area is 155 Å². The lowest BCUT2D eigenvalue weighted by molar-refractivity contribution is 0.0940. The van der Waals surface area contributed by atoms with Crippen LogP contribution < -0.4 is 5.32 Å². The van der Waals surface area contributed by atoms with E-state index in [1.54, 1.807) is 35.5 Å². The van der Waals surface area contributed by atoms with Crippen LogP contribution in [0.1, 0.15) is 21.7 Å². The van der Waals surface area contributed by atoms with E-state index in [1.807, 2.05) is 43.3 Å². The summed E-state index contributed by atoms with van der Waals surface area (Å²) in [6.07, 6.45) is 4.95. The molecule has 0 fully saturated rings. The number of rotatable bonds is 5. The highest BCUT2D eigenvalue weighted by Crippen LogP contribution is 2.22. The van der Waals surface area contributed by atoms with Crippen molar-refractivity contribution in [3.05, 3.63) is 84.1 Å². The fraction of sp³-hybridized carbons (Fsp3) is 0.100. The summed E-state index contributed by atoms with van der Waals surface area (Å²) in [7, 11) is 0. The van der Waals surface area contributed by atoms with Crippen LogP contribution in [0.3, 0.4) is 0 Å². The molecule has 3 heterocycles. The van der Waals surface area contributed by atoms with Crippen LogP contribution in [0.25, 0.3) is 17.3 Å². The zero-order valence-corrected chi connectivity index (χ0v) is 14.7. The highest BCUT2D eigenvalue weighted by atomic mass is 16.3. The van der Waals surface area contributed by atoms with E-state index >= 15 is 0 Å².